The van der Waals surface area contributed by atoms with Crippen molar-refractivity contribution in [2.75, 3.05) is 18.8 Å². The molecule has 1 aliphatic rings. The van der Waals surface area contributed by atoms with E-state index in [0.29, 0.717) is 18.2 Å². The summed E-state index contributed by atoms with van der Waals surface area (Å²) < 4.78 is 0. The van der Waals surface area contributed by atoms with Crippen molar-refractivity contribution in [1.82, 2.24) is 20.1 Å². The van der Waals surface area contributed by atoms with E-state index in [1.165, 1.54) is 0 Å². The number of amides is 1. The summed E-state index contributed by atoms with van der Waals surface area (Å²) in [5, 5.41) is 15.7. The molecule has 1 fully saturated rings. The Kier molecular flexibility index (Phi) is 2.76. The molecule has 0 spiro atoms. The summed E-state index contributed by atoms with van der Waals surface area (Å²) in [7, 11) is 0. The molecule has 1 aromatic heterocycles. The van der Waals surface area contributed by atoms with E-state index in [9.17, 15) is 14.7 Å². The average Bonchev–Trinajstić information content (AvgIpc) is 2.57. The van der Waals surface area contributed by atoms with Crippen LogP contribution in [0.1, 0.15) is 6.92 Å². The van der Waals surface area contributed by atoms with Gasteiger partial charge in [0.25, 0.3) is 0 Å². The van der Waals surface area contributed by atoms with Crippen LogP contribution in [0.2, 0.25) is 0 Å². The van der Waals surface area contributed by atoms with Crippen molar-refractivity contribution in [3.63, 3.8) is 0 Å². The number of β-amino-alcohol motifs (C(OH)–C–C–N with tert-alkyl or cyclic N) is 1. The van der Waals surface area contributed by atoms with Crippen molar-refractivity contribution < 1.29 is 9.90 Å². The van der Waals surface area contributed by atoms with E-state index >= 15 is 0 Å². The van der Waals surface area contributed by atoms with Crippen LogP contribution in [-0.2, 0) is 4.79 Å². The zero-order chi connectivity index (χ0) is 11.8. The number of thioether (sulfide) groups is 1. The Balaban J connectivity index is 1.79. The molecule has 0 saturated carbocycles. The summed E-state index contributed by atoms with van der Waals surface area (Å²) in [6.45, 7) is 2.42. The van der Waals surface area contributed by atoms with E-state index in [4.69, 9.17) is 0 Å². The lowest BCUT2D eigenvalue weighted by Gasteiger charge is -2.44. The smallest absolute Gasteiger partial charge is 0.341 e. The zero-order valence-electron chi connectivity index (χ0n) is 8.69. The molecule has 0 bridgehead atoms. The van der Waals surface area contributed by atoms with Gasteiger partial charge >= 0.3 is 5.69 Å². The number of H-pyrrole nitrogens is 2. The summed E-state index contributed by atoms with van der Waals surface area (Å²) in [5.41, 5.74) is -1.14. The van der Waals surface area contributed by atoms with Gasteiger partial charge < -0.3 is 10.0 Å². The number of hydrogen-bond acceptors (Lipinski definition) is 5. The standard InChI is InChI=1S/C8H12N4O3S/c1-8(15)3-12(4-8)5(13)2-16-7-9-6(14)10-11-7/h15H,2-4H2,1H3,(H2,9,10,11,14). The van der Waals surface area contributed by atoms with Crippen LogP contribution in [0.3, 0.4) is 0 Å². The largest absolute Gasteiger partial charge is 0.386 e. The molecule has 7 nitrogen and oxygen atoms in total. The molecule has 3 N–H and O–H groups in total. The number of carbonyl (C=O) groups is 1. The fourth-order valence-electron chi connectivity index (χ4n) is 1.50. The molecule has 0 aromatic carbocycles. The minimum Gasteiger partial charge on any atom is -0.386 e. The van der Waals surface area contributed by atoms with Crippen molar-refractivity contribution in [3.05, 3.63) is 10.5 Å². The first-order valence-corrected chi connectivity index (χ1v) is 5.72. The van der Waals surface area contributed by atoms with Gasteiger partial charge in [-0.2, -0.15) is 0 Å². The van der Waals surface area contributed by atoms with Crippen molar-refractivity contribution >= 4 is 17.7 Å². The van der Waals surface area contributed by atoms with Gasteiger partial charge in [-0.1, -0.05) is 11.8 Å². The van der Waals surface area contributed by atoms with E-state index in [-0.39, 0.29) is 17.3 Å². The Morgan fingerprint density at radius 2 is 2.38 bits per heavy atom. The predicted molar refractivity (Wildman–Crippen MR) is 57.1 cm³/mol. The van der Waals surface area contributed by atoms with E-state index in [1.54, 1.807) is 11.8 Å². The molecule has 1 amide bonds. The summed E-state index contributed by atoms with van der Waals surface area (Å²) >= 11 is 1.16. The molecule has 0 atom stereocenters. The highest BCUT2D eigenvalue weighted by molar-refractivity contribution is 7.99. The normalized spacial score (nSPS) is 18.2. The van der Waals surface area contributed by atoms with Crippen LogP contribution in [0.15, 0.2) is 9.95 Å². The van der Waals surface area contributed by atoms with Gasteiger partial charge in [0.15, 0.2) is 5.16 Å². The average molecular weight is 244 g/mol. The number of aliphatic hydroxyl groups is 1. The molecular formula is C8H12N4O3S. The number of aromatic nitrogens is 3. The highest BCUT2D eigenvalue weighted by Crippen LogP contribution is 2.21. The second-order valence-electron chi connectivity index (χ2n) is 4.02. The zero-order valence-corrected chi connectivity index (χ0v) is 9.50. The van der Waals surface area contributed by atoms with Crippen LogP contribution >= 0.6 is 11.8 Å². The van der Waals surface area contributed by atoms with Crippen molar-refractivity contribution in [1.29, 1.82) is 0 Å². The summed E-state index contributed by atoms with van der Waals surface area (Å²) in [6.07, 6.45) is 0. The number of hydrogen-bond donors (Lipinski definition) is 3. The van der Waals surface area contributed by atoms with Gasteiger partial charge in [0.2, 0.25) is 5.91 Å². The Morgan fingerprint density at radius 3 is 2.88 bits per heavy atom. The fraction of sp³-hybridized carbons (Fsp3) is 0.625. The lowest BCUT2D eigenvalue weighted by molar-refractivity contribution is -0.149. The lowest BCUT2D eigenvalue weighted by Crippen LogP contribution is -2.62. The SMILES string of the molecule is CC1(O)CN(C(=O)CSc2n[nH]c(=O)[nH]2)C1. The Bertz CT molecular complexity index is 444. The van der Waals surface area contributed by atoms with Gasteiger partial charge in [-0.3, -0.25) is 9.78 Å². The third kappa shape index (κ3) is 2.45. The maximum absolute atomic E-state index is 11.6. The van der Waals surface area contributed by atoms with E-state index in [0.717, 1.165) is 11.8 Å². The molecule has 1 aromatic rings. The molecule has 0 unspecified atom stereocenters. The number of aromatic amines is 2. The highest BCUT2D eigenvalue weighted by atomic mass is 32.2. The van der Waals surface area contributed by atoms with Crippen LogP contribution in [0.5, 0.6) is 0 Å². The van der Waals surface area contributed by atoms with Crippen LogP contribution in [0, 0.1) is 0 Å². The minimum atomic E-state index is -0.749. The number of nitrogens with one attached hydrogen (secondary N) is 2. The molecule has 16 heavy (non-hydrogen) atoms. The summed E-state index contributed by atoms with van der Waals surface area (Å²) in [6, 6.07) is 0. The predicted octanol–water partition coefficient (Wildman–Crippen LogP) is -1.22. The quantitative estimate of drug-likeness (QED) is 0.579. The first kappa shape index (κ1) is 11.2. The molecule has 1 aliphatic heterocycles. The number of nitrogens with zero attached hydrogens (tertiary/aromatic N) is 2. The van der Waals surface area contributed by atoms with Gasteiger partial charge in [0.1, 0.15) is 0 Å². The third-order valence-corrected chi connectivity index (χ3v) is 3.09. The Hall–Kier alpha value is -1.28. The maximum Gasteiger partial charge on any atom is 0.341 e. The molecule has 8 heteroatoms. The molecule has 88 valence electrons. The molecule has 2 heterocycles. The van der Waals surface area contributed by atoms with Gasteiger partial charge in [0.05, 0.1) is 24.4 Å². The van der Waals surface area contributed by atoms with E-state index in [1.807, 2.05) is 0 Å². The van der Waals surface area contributed by atoms with Gasteiger partial charge in [-0.05, 0) is 6.92 Å². The van der Waals surface area contributed by atoms with E-state index in [2.05, 4.69) is 15.2 Å². The number of rotatable bonds is 3. The first-order valence-electron chi connectivity index (χ1n) is 4.74. The van der Waals surface area contributed by atoms with Crippen molar-refractivity contribution in [2.24, 2.45) is 0 Å². The Labute approximate surface area is 95.2 Å². The van der Waals surface area contributed by atoms with Gasteiger partial charge in [0, 0.05) is 0 Å². The highest BCUT2D eigenvalue weighted by Gasteiger charge is 2.39. The molecule has 0 aliphatic carbocycles. The summed E-state index contributed by atoms with van der Waals surface area (Å²) in [4.78, 5) is 26.3. The maximum atomic E-state index is 11.6. The van der Waals surface area contributed by atoms with Crippen LogP contribution in [-0.4, -0.2) is 55.5 Å². The third-order valence-electron chi connectivity index (χ3n) is 2.23. The van der Waals surface area contributed by atoms with E-state index < -0.39 is 5.60 Å². The van der Waals surface area contributed by atoms with Crippen LogP contribution in [0.4, 0.5) is 0 Å². The van der Waals surface area contributed by atoms with Gasteiger partial charge in [-0.15, -0.1) is 5.10 Å². The van der Waals surface area contributed by atoms with Gasteiger partial charge in [-0.25, -0.2) is 9.89 Å². The fourth-order valence-corrected chi connectivity index (χ4v) is 2.21. The summed E-state index contributed by atoms with van der Waals surface area (Å²) in [5.74, 6) is 0.136. The monoisotopic (exact) mass is 244 g/mol. The van der Waals surface area contributed by atoms with Crippen molar-refractivity contribution in [2.45, 2.75) is 17.7 Å². The molecule has 1 saturated heterocycles. The minimum absolute atomic E-state index is 0.0691. The van der Waals surface area contributed by atoms with Crippen LogP contribution < -0.4 is 5.69 Å². The Morgan fingerprint density at radius 1 is 1.69 bits per heavy atom. The first-order chi connectivity index (χ1) is 7.46. The lowest BCUT2D eigenvalue weighted by atomic mass is 9.97. The van der Waals surface area contributed by atoms with Crippen LogP contribution in [0.25, 0.3) is 0 Å². The topological polar surface area (TPSA) is 102 Å². The molecule has 2 rings (SSSR count). The number of likely N-dealkylation sites (tertiary alicyclic amines) is 1. The molecule has 0 radical (unpaired) electrons. The van der Waals surface area contributed by atoms with Crippen molar-refractivity contribution in [3.8, 4) is 0 Å². The second-order valence-corrected chi connectivity index (χ2v) is 4.98. The second kappa shape index (κ2) is 3.95. The molecular weight excluding hydrogens is 232 g/mol. The number of carbonyl (C=O) groups excluding carboxylic acids is 1.